The van der Waals surface area contributed by atoms with E-state index in [0.29, 0.717) is 54.9 Å². The van der Waals surface area contributed by atoms with Gasteiger partial charge in [0.25, 0.3) is 0 Å². The van der Waals surface area contributed by atoms with Crippen molar-refractivity contribution in [2.24, 2.45) is 5.92 Å². The number of fused-ring (bicyclic) bond motifs is 1. The quantitative estimate of drug-likeness (QED) is 0.743. The number of benzene rings is 1. The van der Waals surface area contributed by atoms with Crippen molar-refractivity contribution in [3.05, 3.63) is 23.8 Å². The molecule has 0 spiro atoms. The molecule has 1 saturated heterocycles. The number of rotatable bonds is 7. The number of halogens is 1. The van der Waals surface area contributed by atoms with Gasteiger partial charge in [0.15, 0.2) is 5.82 Å². The zero-order valence-electron chi connectivity index (χ0n) is 16.0. The van der Waals surface area contributed by atoms with E-state index in [9.17, 15) is 9.18 Å². The maximum atomic E-state index is 14.8. The highest BCUT2D eigenvalue weighted by Gasteiger charge is 2.29. The van der Waals surface area contributed by atoms with E-state index in [1.54, 1.807) is 19.9 Å². The maximum Gasteiger partial charge on any atom is 0.330 e. The molecule has 0 aliphatic carbocycles. The first-order valence-corrected chi connectivity index (χ1v) is 8.91. The van der Waals surface area contributed by atoms with Crippen LogP contribution >= 0.6 is 0 Å². The lowest BCUT2D eigenvalue weighted by atomic mass is 10.0. The van der Waals surface area contributed by atoms with E-state index in [-0.39, 0.29) is 5.52 Å². The topological polar surface area (TPSA) is 82.6 Å². The lowest BCUT2D eigenvalue weighted by Gasteiger charge is -2.26. The van der Waals surface area contributed by atoms with Crippen LogP contribution in [0, 0.1) is 11.7 Å². The molecule has 1 N–H and O–H groups in total. The molecule has 27 heavy (non-hydrogen) atoms. The number of ether oxygens (including phenoxy) is 3. The lowest BCUT2D eigenvalue weighted by Crippen LogP contribution is -2.41. The summed E-state index contributed by atoms with van der Waals surface area (Å²) in [5.41, 5.74) is -0.410. The van der Waals surface area contributed by atoms with Gasteiger partial charge in [-0.05, 0) is 26.0 Å². The van der Waals surface area contributed by atoms with Gasteiger partial charge in [0, 0.05) is 18.0 Å². The Hall–Kier alpha value is -2.48. The summed E-state index contributed by atoms with van der Waals surface area (Å²) >= 11 is 0. The third-order valence-electron chi connectivity index (χ3n) is 4.40. The second-order valence-electron chi connectivity index (χ2n) is 7.11. The zero-order chi connectivity index (χ0) is 19.6. The minimum absolute atomic E-state index is 0.197. The number of aromatic nitrogens is 2. The van der Waals surface area contributed by atoms with Gasteiger partial charge in [-0.25, -0.2) is 14.2 Å². The molecule has 0 atom stereocenters. The second-order valence-corrected chi connectivity index (χ2v) is 7.11. The lowest BCUT2D eigenvalue weighted by molar-refractivity contribution is -0.144. The number of carbonyl (C=O) groups excluding carboxylic acids is 1. The van der Waals surface area contributed by atoms with Crippen LogP contribution in [0.3, 0.4) is 0 Å². The van der Waals surface area contributed by atoms with Crippen molar-refractivity contribution in [1.82, 2.24) is 9.97 Å². The Morgan fingerprint density at radius 2 is 2.11 bits per heavy atom. The standard InChI is InChI=1S/C19H24FN3O4/c1-5-15-21-16-13(17(22-15)27-10-11-8-26-9-11)6-12(7-14(16)20)23-19(2,3)18(24)25-4/h6-7,11,23H,5,8-10H2,1-4H3. The molecule has 0 unspecified atom stereocenters. The number of nitrogens with zero attached hydrogens (tertiary/aromatic N) is 2. The van der Waals surface area contributed by atoms with Crippen LogP contribution in [-0.4, -0.2) is 48.4 Å². The van der Waals surface area contributed by atoms with E-state index < -0.39 is 17.3 Å². The van der Waals surface area contributed by atoms with Crippen LogP contribution in [0.2, 0.25) is 0 Å². The van der Waals surface area contributed by atoms with E-state index in [4.69, 9.17) is 14.2 Å². The normalized spacial score (nSPS) is 14.7. The number of hydrogen-bond acceptors (Lipinski definition) is 7. The fourth-order valence-corrected chi connectivity index (χ4v) is 2.79. The summed E-state index contributed by atoms with van der Waals surface area (Å²) in [6.07, 6.45) is 0.563. The SMILES string of the molecule is CCc1nc(OCC2COC2)c2cc(NC(C)(C)C(=O)OC)cc(F)c2n1. The van der Waals surface area contributed by atoms with Crippen LogP contribution < -0.4 is 10.1 Å². The summed E-state index contributed by atoms with van der Waals surface area (Å²) in [4.78, 5) is 20.6. The van der Waals surface area contributed by atoms with Gasteiger partial charge in [-0.15, -0.1) is 0 Å². The molecule has 1 aliphatic heterocycles. The smallest absolute Gasteiger partial charge is 0.330 e. The van der Waals surface area contributed by atoms with Gasteiger partial charge < -0.3 is 19.5 Å². The van der Waals surface area contributed by atoms with Crippen molar-refractivity contribution >= 4 is 22.6 Å². The number of nitrogens with one attached hydrogen (secondary N) is 1. The Morgan fingerprint density at radius 3 is 2.70 bits per heavy atom. The van der Waals surface area contributed by atoms with Crippen molar-refractivity contribution in [2.75, 3.05) is 32.2 Å². The molecule has 0 radical (unpaired) electrons. The number of aryl methyl sites for hydroxylation is 1. The Kier molecular flexibility index (Phi) is 5.46. The summed E-state index contributed by atoms with van der Waals surface area (Å²) in [6.45, 7) is 6.97. The third-order valence-corrected chi connectivity index (χ3v) is 4.40. The summed E-state index contributed by atoms with van der Waals surface area (Å²) in [6, 6.07) is 3.00. The fraction of sp³-hybridized carbons (Fsp3) is 0.526. The van der Waals surface area contributed by atoms with Crippen molar-refractivity contribution in [3.63, 3.8) is 0 Å². The highest BCUT2D eigenvalue weighted by atomic mass is 19.1. The van der Waals surface area contributed by atoms with Crippen LogP contribution in [0.5, 0.6) is 5.88 Å². The van der Waals surface area contributed by atoms with Gasteiger partial charge >= 0.3 is 5.97 Å². The van der Waals surface area contributed by atoms with Gasteiger partial charge in [0.2, 0.25) is 5.88 Å². The van der Waals surface area contributed by atoms with Crippen molar-refractivity contribution < 1.29 is 23.4 Å². The fourth-order valence-electron chi connectivity index (χ4n) is 2.79. The molecule has 2 aromatic rings. The van der Waals surface area contributed by atoms with E-state index in [1.807, 2.05) is 6.92 Å². The van der Waals surface area contributed by atoms with Crippen LogP contribution in [0.15, 0.2) is 12.1 Å². The second kappa shape index (κ2) is 7.64. The average molecular weight is 377 g/mol. The van der Waals surface area contributed by atoms with Crippen molar-refractivity contribution in [1.29, 1.82) is 0 Å². The first-order chi connectivity index (χ1) is 12.8. The molecule has 0 bridgehead atoms. The number of esters is 1. The molecule has 1 fully saturated rings. The van der Waals surface area contributed by atoms with E-state index in [0.717, 1.165) is 0 Å². The molecule has 8 heteroatoms. The zero-order valence-corrected chi connectivity index (χ0v) is 16.0. The predicted molar refractivity (Wildman–Crippen MR) is 98.4 cm³/mol. The molecule has 3 rings (SSSR count). The molecule has 2 heterocycles. The molecule has 1 aromatic heterocycles. The highest BCUT2D eigenvalue weighted by molar-refractivity contribution is 5.89. The van der Waals surface area contributed by atoms with E-state index >= 15 is 0 Å². The Balaban J connectivity index is 1.98. The van der Waals surface area contributed by atoms with E-state index in [2.05, 4.69) is 15.3 Å². The minimum atomic E-state index is -1.02. The van der Waals surface area contributed by atoms with Crippen LogP contribution in [0.25, 0.3) is 10.9 Å². The molecule has 1 aliphatic rings. The van der Waals surface area contributed by atoms with Crippen LogP contribution in [0.1, 0.15) is 26.6 Å². The highest BCUT2D eigenvalue weighted by Crippen LogP contribution is 2.30. The van der Waals surface area contributed by atoms with Gasteiger partial charge in [0.1, 0.15) is 16.9 Å². The summed E-state index contributed by atoms with van der Waals surface area (Å²) < 4.78 is 30.6. The van der Waals surface area contributed by atoms with Gasteiger partial charge in [0.05, 0.1) is 32.3 Å². The molecular formula is C19H24FN3O4. The molecule has 7 nitrogen and oxygen atoms in total. The molecule has 0 amide bonds. The van der Waals surface area contributed by atoms with Crippen LogP contribution in [0.4, 0.5) is 10.1 Å². The van der Waals surface area contributed by atoms with Crippen molar-refractivity contribution in [2.45, 2.75) is 32.7 Å². The van der Waals surface area contributed by atoms with Gasteiger partial charge in [-0.2, -0.15) is 4.98 Å². The Labute approximate surface area is 157 Å². The number of carbonyl (C=O) groups is 1. The number of hydrogen-bond donors (Lipinski definition) is 1. The van der Waals surface area contributed by atoms with Gasteiger partial charge in [-0.3, -0.25) is 0 Å². The maximum absolute atomic E-state index is 14.8. The summed E-state index contributed by atoms with van der Waals surface area (Å²) in [7, 11) is 1.31. The molecular weight excluding hydrogens is 353 g/mol. The van der Waals surface area contributed by atoms with Crippen molar-refractivity contribution in [3.8, 4) is 5.88 Å². The monoisotopic (exact) mass is 377 g/mol. The Bertz CT molecular complexity index is 852. The van der Waals surface area contributed by atoms with E-state index in [1.165, 1.54) is 13.2 Å². The average Bonchev–Trinajstić information content (AvgIpc) is 2.59. The van der Waals surface area contributed by atoms with Crippen LogP contribution in [-0.2, 0) is 20.7 Å². The molecule has 1 aromatic carbocycles. The Morgan fingerprint density at radius 1 is 1.37 bits per heavy atom. The number of methoxy groups -OCH3 is 1. The third kappa shape index (κ3) is 4.10. The predicted octanol–water partition coefficient (Wildman–Crippen LogP) is 2.72. The molecule has 146 valence electrons. The minimum Gasteiger partial charge on any atom is -0.477 e. The van der Waals surface area contributed by atoms with Gasteiger partial charge in [-0.1, -0.05) is 6.92 Å². The number of anilines is 1. The largest absolute Gasteiger partial charge is 0.477 e. The summed E-state index contributed by atoms with van der Waals surface area (Å²) in [5, 5.41) is 3.45. The first kappa shape index (κ1) is 19.3. The molecule has 0 saturated carbocycles. The summed E-state index contributed by atoms with van der Waals surface area (Å²) in [5.74, 6) is 0.190. The first-order valence-electron chi connectivity index (χ1n) is 8.91.